The number of carboxylic acids is 1. The quantitative estimate of drug-likeness (QED) is 0.688. The Morgan fingerprint density at radius 3 is 2.52 bits per heavy atom. The number of carboxylic acid groups (broad SMARTS) is 1. The van der Waals surface area contributed by atoms with Crippen LogP contribution in [-0.2, 0) is 16.0 Å². The molecule has 0 aliphatic carbocycles. The molecule has 0 unspecified atom stereocenters. The van der Waals surface area contributed by atoms with E-state index in [2.05, 4.69) is 17.4 Å². The molecular formula is C16H23NO3S. The number of amides is 1. The zero-order valence-electron chi connectivity index (χ0n) is 12.6. The Labute approximate surface area is 130 Å². The molecule has 0 aliphatic rings. The normalized spacial score (nSPS) is 11.1. The number of hydrogen-bond acceptors (Lipinski definition) is 3. The SMILES string of the molecule is CC(C)(CCC(=O)O)NC(=O)CSCCc1ccccc1. The Kier molecular flexibility index (Phi) is 7.29. The minimum absolute atomic E-state index is 0.0385. The summed E-state index contributed by atoms with van der Waals surface area (Å²) in [4.78, 5) is 22.4. The van der Waals surface area contributed by atoms with E-state index in [0.29, 0.717) is 12.2 Å². The van der Waals surface area contributed by atoms with Crippen molar-refractivity contribution in [3.8, 4) is 0 Å². The first-order valence-corrected chi connectivity index (χ1v) is 8.19. The van der Waals surface area contributed by atoms with Gasteiger partial charge < -0.3 is 10.4 Å². The van der Waals surface area contributed by atoms with Crippen LogP contribution in [0.1, 0.15) is 32.3 Å². The lowest BCUT2D eigenvalue weighted by atomic mass is 9.98. The Morgan fingerprint density at radius 2 is 1.90 bits per heavy atom. The molecule has 1 rings (SSSR count). The second kappa shape index (κ2) is 8.72. The number of aliphatic carboxylic acids is 1. The van der Waals surface area contributed by atoms with Crippen molar-refractivity contribution >= 4 is 23.6 Å². The van der Waals surface area contributed by atoms with Crippen molar-refractivity contribution in [2.45, 2.75) is 38.6 Å². The Bertz CT molecular complexity index is 460. The lowest BCUT2D eigenvalue weighted by molar-refractivity contribution is -0.137. The van der Waals surface area contributed by atoms with Gasteiger partial charge >= 0.3 is 5.97 Å². The summed E-state index contributed by atoms with van der Waals surface area (Å²) in [5.41, 5.74) is 0.794. The van der Waals surface area contributed by atoms with Crippen molar-refractivity contribution in [3.05, 3.63) is 35.9 Å². The van der Waals surface area contributed by atoms with Crippen LogP contribution in [-0.4, -0.2) is 34.0 Å². The molecule has 0 aromatic heterocycles. The van der Waals surface area contributed by atoms with Crippen LogP contribution in [0.15, 0.2) is 30.3 Å². The molecule has 1 aromatic rings. The van der Waals surface area contributed by atoms with Gasteiger partial charge in [0.15, 0.2) is 0 Å². The molecule has 0 aliphatic heterocycles. The van der Waals surface area contributed by atoms with Crippen LogP contribution >= 0.6 is 11.8 Å². The van der Waals surface area contributed by atoms with Gasteiger partial charge in [0.2, 0.25) is 5.91 Å². The molecular weight excluding hydrogens is 286 g/mol. The standard InChI is InChI=1S/C16H23NO3S/c1-16(2,10-8-15(19)20)17-14(18)12-21-11-9-13-6-4-3-5-7-13/h3-7H,8-12H2,1-2H3,(H,17,18)(H,19,20). The maximum absolute atomic E-state index is 11.8. The first-order chi connectivity index (χ1) is 9.89. The Balaban J connectivity index is 2.20. The molecule has 0 spiro atoms. The summed E-state index contributed by atoms with van der Waals surface area (Å²) in [6, 6.07) is 10.2. The second-order valence-electron chi connectivity index (χ2n) is 5.61. The number of benzene rings is 1. The van der Waals surface area contributed by atoms with Crippen LogP contribution in [0.25, 0.3) is 0 Å². The first kappa shape index (κ1) is 17.6. The van der Waals surface area contributed by atoms with E-state index in [1.54, 1.807) is 11.8 Å². The molecule has 1 amide bonds. The van der Waals surface area contributed by atoms with Gasteiger partial charge in [0.1, 0.15) is 0 Å². The third kappa shape index (κ3) is 8.40. The van der Waals surface area contributed by atoms with E-state index in [4.69, 9.17) is 5.11 Å². The van der Waals surface area contributed by atoms with Gasteiger partial charge in [0, 0.05) is 12.0 Å². The van der Waals surface area contributed by atoms with E-state index < -0.39 is 11.5 Å². The molecule has 0 fully saturated rings. The first-order valence-electron chi connectivity index (χ1n) is 7.03. The van der Waals surface area contributed by atoms with Crippen LogP contribution in [0, 0.1) is 0 Å². The number of carbonyl (C=O) groups excluding carboxylic acids is 1. The van der Waals surface area contributed by atoms with Gasteiger partial charge in [-0.1, -0.05) is 30.3 Å². The van der Waals surface area contributed by atoms with Gasteiger partial charge in [0.25, 0.3) is 0 Å². The maximum atomic E-state index is 11.8. The van der Waals surface area contributed by atoms with E-state index in [-0.39, 0.29) is 12.3 Å². The van der Waals surface area contributed by atoms with Crippen molar-refractivity contribution in [1.82, 2.24) is 5.32 Å². The second-order valence-corrected chi connectivity index (χ2v) is 6.72. The molecule has 0 saturated heterocycles. The van der Waals surface area contributed by atoms with Crippen molar-refractivity contribution in [3.63, 3.8) is 0 Å². The van der Waals surface area contributed by atoms with E-state index >= 15 is 0 Å². The summed E-state index contributed by atoms with van der Waals surface area (Å²) < 4.78 is 0. The molecule has 1 aromatic carbocycles. The highest BCUT2D eigenvalue weighted by Gasteiger charge is 2.21. The topological polar surface area (TPSA) is 66.4 Å². The minimum Gasteiger partial charge on any atom is -0.481 e. The summed E-state index contributed by atoms with van der Waals surface area (Å²) in [7, 11) is 0. The lowest BCUT2D eigenvalue weighted by Gasteiger charge is -2.25. The average Bonchev–Trinajstić information content (AvgIpc) is 2.42. The van der Waals surface area contributed by atoms with E-state index in [1.165, 1.54) is 5.56 Å². The smallest absolute Gasteiger partial charge is 0.303 e. The van der Waals surface area contributed by atoms with Crippen LogP contribution in [0.5, 0.6) is 0 Å². The number of carbonyl (C=O) groups is 2. The molecule has 4 nitrogen and oxygen atoms in total. The van der Waals surface area contributed by atoms with Crippen LogP contribution in [0.4, 0.5) is 0 Å². The summed E-state index contributed by atoms with van der Waals surface area (Å²) in [6.45, 7) is 3.70. The highest BCUT2D eigenvalue weighted by atomic mass is 32.2. The molecule has 0 atom stereocenters. The number of rotatable bonds is 9. The molecule has 0 bridgehead atoms. The highest BCUT2D eigenvalue weighted by molar-refractivity contribution is 7.99. The van der Waals surface area contributed by atoms with Gasteiger partial charge in [0.05, 0.1) is 5.75 Å². The third-order valence-electron chi connectivity index (χ3n) is 3.05. The summed E-state index contributed by atoms with van der Waals surface area (Å²) >= 11 is 1.59. The average molecular weight is 309 g/mol. The molecule has 0 radical (unpaired) electrons. The van der Waals surface area contributed by atoms with E-state index in [9.17, 15) is 9.59 Å². The fourth-order valence-corrected chi connectivity index (χ4v) is 2.68. The fraction of sp³-hybridized carbons (Fsp3) is 0.500. The molecule has 5 heteroatoms. The summed E-state index contributed by atoms with van der Waals surface area (Å²) in [6.07, 6.45) is 1.44. The Hall–Kier alpha value is -1.49. The molecule has 116 valence electrons. The van der Waals surface area contributed by atoms with Crippen molar-refractivity contribution < 1.29 is 14.7 Å². The number of thioether (sulfide) groups is 1. The Morgan fingerprint density at radius 1 is 1.24 bits per heavy atom. The summed E-state index contributed by atoms with van der Waals surface area (Å²) in [5.74, 6) is 0.425. The summed E-state index contributed by atoms with van der Waals surface area (Å²) in [5, 5.41) is 11.6. The van der Waals surface area contributed by atoms with Crippen LogP contribution < -0.4 is 5.32 Å². The van der Waals surface area contributed by atoms with Crippen molar-refractivity contribution in [2.75, 3.05) is 11.5 Å². The van der Waals surface area contributed by atoms with Gasteiger partial charge in [-0.2, -0.15) is 11.8 Å². The molecule has 0 saturated carbocycles. The van der Waals surface area contributed by atoms with Crippen molar-refractivity contribution in [1.29, 1.82) is 0 Å². The molecule has 0 heterocycles. The number of nitrogens with one attached hydrogen (secondary N) is 1. The zero-order chi connectivity index (χ0) is 15.7. The largest absolute Gasteiger partial charge is 0.481 e. The monoisotopic (exact) mass is 309 g/mol. The van der Waals surface area contributed by atoms with E-state index in [1.807, 2.05) is 32.0 Å². The fourth-order valence-electron chi connectivity index (χ4n) is 1.90. The van der Waals surface area contributed by atoms with Gasteiger partial charge in [-0.3, -0.25) is 9.59 Å². The maximum Gasteiger partial charge on any atom is 0.303 e. The third-order valence-corrected chi connectivity index (χ3v) is 4.01. The molecule has 21 heavy (non-hydrogen) atoms. The molecule has 2 N–H and O–H groups in total. The van der Waals surface area contributed by atoms with E-state index in [0.717, 1.165) is 12.2 Å². The van der Waals surface area contributed by atoms with Crippen molar-refractivity contribution in [2.24, 2.45) is 0 Å². The number of aryl methyl sites for hydroxylation is 1. The predicted molar refractivity (Wildman–Crippen MR) is 86.6 cm³/mol. The predicted octanol–water partition coefficient (Wildman–Crippen LogP) is 2.72. The van der Waals surface area contributed by atoms with Gasteiger partial charge in [-0.05, 0) is 38.0 Å². The minimum atomic E-state index is -0.838. The lowest BCUT2D eigenvalue weighted by Crippen LogP contribution is -2.44. The highest BCUT2D eigenvalue weighted by Crippen LogP contribution is 2.12. The zero-order valence-corrected chi connectivity index (χ0v) is 13.4. The van der Waals surface area contributed by atoms with Gasteiger partial charge in [-0.15, -0.1) is 0 Å². The van der Waals surface area contributed by atoms with Crippen LogP contribution in [0.2, 0.25) is 0 Å². The van der Waals surface area contributed by atoms with Gasteiger partial charge in [-0.25, -0.2) is 0 Å². The van der Waals surface area contributed by atoms with Crippen LogP contribution in [0.3, 0.4) is 0 Å². The number of hydrogen-bond donors (Lipinski definition) is 2.